The quantitative estimate of drug-likeness (QED) is 0.470. The van der Waals surface area contributed by atoms with Crippen molar-refractivity contribution in [1.82, 2.24) is 9.55 Å². The summed E-state index contributed by atoms with van der Waals surface area (Å²) >= 11 is 0. The second-order valence-corrected chi connectivity index (χ2v) is 8.58. The summed E-state index contributed by atoms with van der Waals surface area (Å²) in [7, 11) is 0. The highest BCUT2D eigenvalue weighted by Gasteiger charge is 2.40. The number of carbonyl (C=O) groups is 2. The molecule has 0 aliphatic carbocycles. The number of aryl methyl sites for hydroxylation is 2. The van der Waals surface area contributed by atoms with E-state index in [4.69, 9.17) is 4.98 Å². The Morgan fingerprint density at radius 3 is 2.58 bits per heavy atom. The first kappa shape index (κ1) is 20.9. The number of benzene rings is 3. The van der Waals surface area contributed by atoms with Crippen molar-refractivity contribution in [2.24, 2.45) is 0 Å². The van der Waals surface area contributed by atoms with Gasteiger partial charge in [0.25, 0.3) is 5.91 Å². The van der Waals surface area contributed by atoms with Crippen molar-refractivity contribution in [3.05, 3.63) is 89.5 Å². The number of imidazole rings is 1. The molecule has 0 fully saturated rings. The van der Waals surface area contributed by atoms with Crippen LogP contribution in [0, 0.1) is 13.8 Å². The zero-order chi connectivity index (χ0) is 22.9. The average molecular weight is 439 g/mol. The van der Waals surface area contributed by atoms with E-state index in [0.29, 0.717) is 12.5 Å². The number of para-hydroxylation sites is 2. The highest BCUT2D eigenvalue weighted by molar-refractivity contribution is 6.05. The minimum atomic E-state index is -0.617. The van der Waals surface area contributed by atoms with E-state index in [-0.39, 0.29) is 18.2 Å². The first-order valence-electron chi connectivity index (χ1n) is 11.2. The van der Waals surface area contributed by atoms with Gasteiger partial charge < -0.3 is 5.32 Å². The van der Waals surface area contributed by atoms with E-state index in [9.17, 15) is 9.59 Å². The smallest absolute Gasteiger partial charge is 0.253 e. The number of amides is 2. The fraction of sp³-hybridized carbons (Fsp3) is 0.222. The Kier molecular flexibility index (Phi) is 5.42. The van der Waals surface area contributed by atoms with Crippen LogP contribution >= 0.6 is 0 Å². The lowest BCUT2D eigenvalue weighted by atomic mass is 10.1. The lowest BCUT2D eigenvalue weighted by Gasteiger charge is -2.16. The zero-order valence-corrected chi connectivity index (χ0v) is 18.8. The summed E-state index contributed by atoms with van der Waals surface area (Å²) in [5, 5.41) is 3.00. The molecule has 6 nitrogen and oxygen atoms in total. The van der Waals surface area contributed by atoms with E-state index >= 15 is 0 Å². The molecular formula is C27H26N4O2. The number of nitrogens with one attached hydrogen (secondary N) is 1. The molecule has 0 unspecified atom stereocenters. The molecule has 0 radical (unpaired) electrons. The van der Waals surface area contributed by atoms with Crippen molar-refractivity contribution in [2.75, 3.05) is 16.8 Å². The molecule has 4 aromatic rings. The summed E-state index contributed by atoms with van der Waals surface area (Å²) in [5.74, 6) is 0.340. The molecule has 0 spiro atoms. The van der Waals surface area contributed by atoms with Gasteiger partial charge in [0.1, 0.15) is 6.04 Å². The third-order valence-electron chi connectivity index (χ3n) is 6.19. The Morgan fingerprint density at radius 1 is 1.00 bits per heavy atom. The Hall–Kier alpha value is -3.93. The van der Waals surface area contributed by atoms with Gasteiger partial charge in [0.2, 0.25) is 11.9 Å². The predicted octanol–water partition coefficient (Wildman–Crippen LogP) is 4.81. The van der Waals surface area contributed by atoms with Gasteiger partial charge in [-0.15, -0.1) is 0 Å². The van der Waals surface area contributed by atoms with Gasteiger partial charge in [0.15, 0.2) is 0 Å². The number of hydrogen-bond acceptors (Lipinski definition) is 3. The van der Waals surface area contributed by atoms with Crippen LogP contribution in [0.1, 0.15) is 29.2 Å². The van der Waals surface area contributed by atoms with E-state index in [1.165, 1.54) is 0 Å². The molecular weight excluding hydrogens is 412 g/mol. The van der Waals surface area contributed by atoms with Crippen LogP contribution in [-0.2, 0) is 16.0 Å². The molecule has 1 aliphatic heterocycles. The van der Waals surface area contributed by atoms with Crippen molar-refractivity contribution in [1.29, 1.82) is 0 Å². The highest BCUT2D eigenvalue weighted by Crippen LogP contribution is 2.36. The largest absolute Gasteiger partial charge is 0.326 e. The number of fused-ring (bicyclic) bond motifs is 3. The SMILES string of the molecule is Cc1ccc(C)c(NC(=O)C[C@@H]2C(=O)N(CCc3ccccc3)c3nc4ccccc4n32)c1. The summed E-state index contributed by atoms with van der Waals surface area (Å²) < 4.78 is 1.92. The second-order valence-electron chi connectivity index (χ2n) is 8.58. The first-order chi connectivity index (χ1) is 16.0. The van der Waals surface area contributed by atoms with Crippen LogP contribution in [0.2, 0.25) is 0 Å². The van der Waals surface area contributed by atoms with Crippen molar-refractivity contribution in [2.45, 2.75) is 32.7 Å². The number of carbonyl (C=O) groups excluding carboxylic acids is 2. The molecule has 166 valence electrons. The minimum Gasteiger partial charge on any atom is -0.326 e. The van der Waals surface area contributed by atoms with Crippen molar-refractivity contribution in [3.8, 4) is 0 Å². The molecule has 3 aromatic carbocycles. The molecule has 0 saturated carbocycles. The molecule has 5 rings (SSSR count). The Balaban J connectivity index is 1.43. The third kappa shape index (κ3) is 4.00. The van der Waals surface area contributed by atoms with E-state index in [1.807, 2.05) is 79.1 Å². The van der Waals surface area contributed by atoms with Gasteiger partial charge in [-0.3, -0.25) is 19.1 Å². The maximum absolute atomic E-state index is 13.5. The monoisotopic (exact) mass is 438 g/mol. The fourth-order valence-corrected chi connectivity index (χ4v) is 4.44. The molecule has 1 aromatic heterocycles. The Labute approximate surface area is 192 Å². The fourth-order valence-electron chi connectivity index (χ4n) is 4.44. The lowest BCUT2D eigenvalue weighted by Crippen LogP contribution is -2.33. The normalized spacial score (nSPS) is 15.2. The highest BCUT2D eigenvalue weighted by atomic mass is 16.2. The maximum atomic E-state index is 13.5. The third-order valence-corrected chi connectivity index (χ3v) is 6.19. The van der Waals surface area contributed by atoms with Crippen molar-refractivity contribution in [3.63, 3.8) is 0 Å². The van der Waals surface area contributed by atoms with Crippen LogP contribution < -0.4 is 10.2 Å². The van der Waals surface area contributed by atoms with Gasteiger partial charge in [-0.1, -0.05) is 54.6 Å². The molecule has 1 N–H and O–H groups in total. The standard InChI is InChI=1S/C27H26N4O2/c1-18-12-13-19(2)22(16-18)28-25(32)17-24-26(33)30(15-14-20-8-4-3-5-9-20)27-29-21-10-6-7-11-23(21)31(24)27/h3-13,16,24H,14-15,17H2,1-2H3,(H,28,32)/t24-/m1/s1. The molecule has 0 saturated heterocycles. The minimum absolute atomic E-state index is 0.0570. The predicted molar refractivity (Wildman–Crippen MR) is 130 cm³/mol. The molecule has 2 heterocycles. The summed E-state index contributed by atoms with van der Waals surface area (Å²) in [5.41, 5.74) is 5.69. The average Bonchev–Trinajstić information content (AvgIpc) is 3.30. The molecule has 0 bridgehead atoms. The van der Waals surface area contributed by atoms with Crippen LogP contribution in [-0.4, -0.2) is 27.9 Å². The van der Waals surface area contributed by atoms with Crippen LogP contribution in [0.5, 0.6) is 0 Å². The van der Waals surface area contributed by atoms with Crippen LogP contribution in [0.25, 0.3) is 11.0 Å². The molecule has 1 aliphatic rings. The molecule has 6 heteroatoms. The zero-order valence-electron chi connectivity index (χ0n) is 18.8. The van der Waals surface area contributed by atoms with Gasteiger partial charge in [-0.25, -0.2) is 4.98 Å². The van der Waals surface area contributed by atoms with Gasteiger partial charge in [-0.2, -0.15) is 0 Å². The van der Waals surface area contributed by atoms with Gasteiger partial charge in [0.05, 0.1) is 17.5 Å². The number of anilines is 2. The number of nitrogens with zero attached hydrogens (tertiary/aromatic N) is 3. The maximum Gasteiger partial charge on any atom is 0.253 e. The van der Waals surface area contributed by atoms with E-state index in [1.54, 1.807) is 4.90 Å². The summed E-state index contributed by atoms with van der Waals surface area (Å²) in [6.45, 7) is 4.47. The van der Waals surface area contributed by atoms with Crippen LogP contribution in [0.3, 0.4) is 0 Å². The molecule has 1 atom stereocenters. The van der Waals surface area contributed by atoms with Crippen molar-refractivity contribution < 1.29 is 9.59 Å². The van der Waals surface area contributed by atoms with Gasteiger partial charge in [-0.05, 0) is 55.2 Å². The summed E-state index contributed by atoms with van der Waals surface area (Å²) in [4.78, 5) is 33.0. The Morgan fingerprint density at radius 2 is 1.76 bits per heavy atom. The van der Waals surface area contributed by atoms with E-state index < -0.39 is 6.04 Å². The summed E-state index contributed by atoms with van der Waals surface area (Å²) in [6.07, 6.45) is 0.776. The van der Waals surface area contributed by atoms with Crippen LogP contribution in [0.4, 0.5) is 11.6 Å². The van der Waals surface area contributed by atoms with Gasteiger partial charge >= 0.3 is 0 Å². The van der Waals surface area contributed by atoms with Gasteiger partial charge in [0, 0.05) is 12.2 Å². The number of aromatic nitrogens is 2. The topological polar surface area (TPSA) is 67.2 Å². The molecule has 2 amide bonds. The van der Waals surface area contributed by atoms with E-state index in [2.05, 4.69) is 17.4 Å². The lowest BCUT2D eigenvalue weighted by molar-refractivity contribution is -0.124. The summed E-state index contributed by atoms with van der Waals surface area (Å²) in [6, 6.07) is 23.2. The van der Waals surface area contributed by atoms with Crippen molar-refractivity contribution >= 4 is 34.5 Å². The van der Waals surface area contributed by atoms with Crippen LogP contribution in [0.15, 0.2) is 72.8 Å². The Bertz CT molecular complexity index is 1340. The second kappa shape index (κ2) is 8.54. The van der Waals surface area contributed by atoms with E-state index in [0.717, 1.165) is 39.8 Å². The number of rotatable bonds is 6. The first-order valence-corrected chi connectivity index (χ1v) is 11.2. The number of hydrogen-bond donors (Lipinski definition) is 1. The molecule has 33 heavy (non-hydrogen) atoms.